The van der Waals surface area contributed by atoms with Gasteiger partial charge in [-0.2, -0.15) is 8.42 Å². The molecule has 0 spiro atoms. The summed E-state index contributed by atoms with van der Waals surface area (Å²) in [5.41, 5.74) is -0.572. The third kappa shape index (κ3) is 9.67. The molecule has 1 saturated heterocycles. The fourth-order valence-corrected chi connectivity index (χ4v) is 5.77. The van der Waals surface area contributed by atoms with Crippen molar-refractivity contribution in [3.63, 3.8) is 0 Å². The molecule has 0 aromatic carbocycles. The predicted octanol–water partition coefficient (Wildman–Crippen LogP) is 3.61. The monoisotopic (exact) mass is 560 g/mol. The van der Waals surface area contributed by atoms with E-state index in [0.29, 0.717) is 12.8 Å². The Kier molecular flexibility index (Phi) is 10.4. The molecule has 8 nitrogen and oxygen atoms in total. The van der Waals surface area contributed by atoms with Crippen molar-refractivity contribution in [2.75, 3.05) is 19.5 Å². The number of carbonyl (C=O) groups excluding carboxylic acids is 1. The average Bonchev–Trinajstić information content (AvgIpc) is 3.34. The number of rotatable bonds is 12. The van der Waals surface area contributed by atoms with Crippen molar-refractivity contribution in [3.8, 4) is 0 Å². The first-order chi connectivity index (χ1) is 14.3. The molecule has 1 heterocycles. The van der Waals surface area contributed by atoms with Gasteiger partial charge in [0, 0.05) is 11.2 Å². The normalized spacial score (nSPS) is 22.8. The van der Waals surface area contributed by atoms with Crippen LogP contribution in [0.25, 0.3) is 0 Å². The van der Waals surface area contributed by atoms with Gasteiger partial charge in [-0.3, -0.25) is 8.98 Å². The van der Waals surface area contributed by atoms with Gasteiger partial charge in [0.15, 0.2) is 8.32 Å². The lowest BCUT2D eigenvalue weighted by atomic mass is 9.97. The largest absolute Gasteiger partial charge is 0.465 e. The summed E-state index contributed by atoms with van der Waals surface area (Å²) < 4.78 is 45.5. The first-order valence-electron chi connectivity index (χ1n) is 10.9. The maximum atomic E-state index is 12.1. The first-order valence-corrected chi connectivity index (χ1v) is 16.6. The van der Waals surface area contributed by atoms with E-state index in [0.717, 1.165) is 6.26 Å². The van der Waals surface area contributed by atoms with E-state index in [9.17, 15) is 18.3 Å². The number of alkyl halides is 1. The molecule has 0 aliphatic carbocycles. The first kappa shape index (κ1) is 30.0. The van der Waals surface area contributed by atoms with Crippen LogP contribution in [-0.4, -0.2) is 76.5 Å². The number of ether oxygens (including phenoxy) is 2. The molecule has 0 amide bonds. The minimum atomic E-state index is -3.70. The quantitative estimate of drug-likeness (QED) is 0.127. The minimum absolute atomic E-state index is 0.00395. The molecule has 5 atom stereocenters. The van der Waals surface area contributed by atoms with E-state index < -0.39 is 42.7 Å². The molecule has 11 heteroatoms. The number of aliphatic hydroxyl groups is 1. The Bertz CT molecular complexity index is 729. The number of aliphatic hydroxyl groups excluding tert-OH is 1. The fourth-order valence-electron chi connectivity index (χ4n) is 2.81. The molecule has 0 aromatic heterocycles. The number of halogens is 1. The molecule has 32 heavy (non-hydrogen) atoms. The molecule has 1 aliphatic heterocycles. The lowest BCUT2D eigenvalue weighted by molar-refractivity contribution is -0.153. The van der Waals surface area contributed by atoms with Gasteiger partial charge in [0.25, 0.3) is 10.1 Å². The Morgan fingerprint density at radius 3 is 2.19 bits per heavy atom. The van der Waals surface area contributed by atoms with Gasteiger partial charge >= 0.3 is 5.97 Å². The van der Waals surface area contributed by atoms with Crippen LogP contribution in [0.4, 0.5) is 0 Å². The van der Waals surface area contributed by atoms with Crippen molar-refractivity contribution in [2.45, 2.75) is 102 Å². The molecule has 1 aliphatic rings. The molecule has 0 saturated carbocycles. The Labute approximate surface area is 203 Å². The number of epoxide rings is 1. The van der Waals surface area contributed by atoms with Crippen LogP contribution in [0, 0.1) is 5.41 Å². The molecule has 0 bridgehead atoms. The highest BCUT2D eigenvalue weighted by Crippen LogP contribution is 2.40. The molecule has 1 rings (SSSR count). The lowest BCUT2D eigenvalue weighted by Crippen LogP contribution is -2.46. The summed E-state index contributed by atoms with van der Waals surface area (Å²) in [4.78, 5) is 12.0. The highest BCUT2D eigenvalue weighted by Gasteiger charge is 2.49. The third-order valence-corrected chi connectivity index (χ3v) is 11.9. The zero-order valence-corrected chi connectivity index (χ0v) is 24.2. The Balaban J connectivity index is 2.82. The number of hydrogen-bond donors (Lipinski definition) is 1. The molecule has 1 fully saturated rings. The Morgan fingerprint density at radius 1 is 1.19 bits per heavy atom. The van der Waals surface area contributed by atoms with Crippen LogP contribution in [0.15, 0.2) is 0 Å². The van der Waals surface area contributed by atoms with Crippen LogP contribution < -0.4 is 0 Å². The molecule has 0 radical (unpaired) electrons. The maximum absolute atomic E-state index is 12.1. The predicted molar refractivity (Wildman–Crippen MR) is 130 cm³/mol. The highest BCUT2D eigenvalue weighted by atomic mass is 79.9. The van der Waals surface area contributed by atoms with Gasteiger partial charge < -0.3 is 19.0 Å². The topological polar surface area (TPSA) is 112 Å². The number of carbonyl (C=O) groups is 1. The summed E-state index contributed by atoms with van der Waals surface area (Å²) in [6.07, 6.45) is 0.0932. The van der Waals surface area contributed by atoms with Crippen LogP contribution in [0.5, 0.6) is 0 Å². The Hall–Kier alpha value is -0.0431. The molecular formula is C21H41BrO8SSi. The number of esters is 1. The van der Waals surface area contributed by atoms with Gasteiger partial charge in [0.2, 0.25) is 0 Å². The van der Waals surface area contributed by atoms with Gasteiger partial charge in [-0.05, 0) is 45.3 Å². The van der Waals surface area contributed by atoms with E-state index in [1.807, 2.05) is 20.8 Å². The summed E-state index contributed by atoms with van der Waals surface area (Å²) >= 11 is 3.73. The molecule has 0 unspecified atom stereocenters. The Morgan fingerprint density at radius 2 is 1.75 bits per heavy atom. The zero-order valence-electron chi connectivity index (χ0n) is 20.8. The van der Waals surface area contributed by atoms with Crippen molar-refractivity contribution in [1.82, 2.24) is 0 Å². The van der Waals surface area contributed by atoms with Gasteiger partial charge in [-0.25, -0.2) is 0 Å². The van der Waals surface area contributed by atoms with Crippen LogP contribution in [0.2, 0.25) is 18.1 Å². The minimum Gasteiger partial charge on any atom is -0.465 e. The molecule has 190 valence electrons. The summed E-state index contributed by atoms with van der Waals surface area (Å²) in [5.74, 6) is -0.260. The molecule has 0 aromatic rings. The lowest BCUT2D eigenvalue weighted by Gasteiger charge is -2.40. The standard InChI is InChI=1S/C21H41BrO8SSi/c1-20(2,3)19(24)27-11-10-15(30-32(8,9)21(4,5)6)14(22)12-16-18(28-16)17(13-23)29-31(7,25)26/h14-18,23H,10-13H2,1-9H3/t14-,15-,16-,17-,18+/m1/s1. The number of hydrogen-bond acceptors (Lipinski definition) is 8. The van der Waals surface area contributed by atoms with E-state index in [1.54, 1.807) is 0 Å². The summed E-state index contributed by atoms with van der Waals surface area (Å²) in [5, 5.41) is 9.49. The van der Waals surface area contributed by atoms with Crippen molar-refractivity contribution in [3.05, 3.63) is 0 Å². The van der Waals surface area contributed by atoms with Crippen LogP contribution in [0.3, 0.4) is 0 Å². The van der Waals surface area contributed by atoms with Crippen molar-refractivity contribution < 1.29 is 36.4 Å². The molecular weight excluding hydrogens is 520 g/mol. The van der Waals surface area contributed by atoms with Gasteiger partial charge in [-0.1, -0.05) is 36.7 Å². The van der Waals surface area contributed by atoms with E-state index >= 15 is 0 Å². The summed E-state index contributed by atoms with van der Waals surface area (Å²) in [7, 11) is -5.81. The molecule has 1 N–H and O–H groups in total. The SMILES string of the molecule is CC(C)(C)C(=O)OCC[C@@H](O[Si](C)(C)C(C)(C)C)[C@H](Br)C[C@H]1O[C@@H]1[C@@H](CO)OS(C)(=O)=O. The smallest absolute Gasteiger partial charge is 0.311 e. The fraction of sp³-hybridized carbons (Fsp3) is 0.952. The second-order valence-corrected chi connectivity index (χ2v) is 18.5. The highest BCUT2D eigenvalue weighted by molar-refractivity contribution is 9.09. The third-order valence-electron chi connectivity index (χ3n) is 5.83. The van der Waals surface area contributed by atoms with E-state index in [-0.39, 0.29) is 34.6 Å². The second kappa shape index (κ2) is 11.1. The van der Waals surface area contributed by atoms with E-state index in [2.05, 4.69) is 49.8 Å². The van der Waals surface area contributed by atoms with Crippen LogP contribution in [-0.2, 0) is 33.0 Å². The average molecular weight is 562 g/mol. The van der Waals surface area contributed by atoms with E-state index in [4.69, 9.17) is 18.1 Å². The van der Waals surface area contributed by atoms with Crippen LogP contribution in [0.1, 0.15) is 54.4 Å². The van der Waals surface area contributed by atoms with Gasteiger partial charge in [-0.15, -0.1) is 0 Å². The van der Waals surface area contributed by atoms with Crippen LogP contribution >= 0.6 is 15.9 Å². The van der Waals surface area contributed by atoms with Crippen molar-refractivity contribution in [1.29, 1.82) is 0 Å². The maximum Gasteiger partial charge on any atom is 0.311 e. The van der Waals surface area contributed by atoms with E-state index in [1.165, 1.54) is 0 Å². The zero-order chi connectivity index (χ0) is 25.1. The van der Waals surface area contributed by atoms with Gasteiger partial charge in [0.1, 0.15) is 12.2 Å². The second-order valence-electron chi connectivity index (χ2n) is 11.0. The van der Waals surface area contributed by atoms with Crippen molar-refractivity contribution >= 4 is 40.3 Å². The van der Waals surface area contributed by atoms with Crippen molar-refractivity contribution in [2.24, 2.45) is 5.41 Å². The summed E-state index contributed by atoms with van der Waals surface area (Å²) in [6, 6.07) is 0. The van der Waals surface area contributed by atoms with Gasteiger partial charge in [0.05, 0.1) is 37.1 Å². The summed E-state index contributed by atoms with van der Waals surface area (Å²) in [6.45, 7) is 16.0.